The summed E-state index contributed by atoms with van der Waals surface area (Å²) >= 11 is 0. The Kier molecular flexibility index (Phi) is 6.90. The van der Waals surface area contributed by atoms with Crippen molar-refractivity contribution < 1.29 is 19.5 Å². The first-order valence-corrected chi connectivity index (χ1v) is 6.50. The van der Waals surface area contributed by atoms with Crippen LogP contribution in [0.25, 0.3) is 0 Å². The second-order valence-corrected chi connectivity index (χ2v) is 4.48. The van der Waals surface area contributed by atoms with Gasteiger partial charge in [0.2, 0.25) is 11.8 Å². The Morgan fingerprint density at radius 1 is 1.19 bits per heavy atom. The van der Waals surface area contributed by atoms with Crippen molar-refractivity contribution in [1.82, 2.24) is 16.0 Å². The number of carboxylic acid groups (broad SMARTS) is 1. The fraction of sp³-hybridized carbons (Fsp3) is 0.357. The van der Waals surface area contributed by atoms with Gasteiger partial charge in [0.25, 0.3) is 0 Å². The Labute approximate surface area is 122 Å². The lowest BCUT2D eigenvalue weighted by atomic mass is 10.2. The highest BCUT2D eigenvalue weighted by Gasteiger charge is 2.18. The van der Waals surface area contributed by atoms with E-state index in [1.165, 1.54) is 6.92 Å². The Hall–Kier alpha value is -2.41. The zero-order chi connectivity index (χ0) is 15.7. The number of carbonyl (C=O) groups excluding carboxylic acids is 2. The molecule has 4 N–H and O–H groups in total. The summed E-state index contributed by atoms with van der Waals surface area (Å²) in [4.78, 5) is 33.5. The lowest BCUT2D eigenvalue weighted by Gasteiger charge is -2.17. The van der Waals surface area contributed by atoms with Gasteiger partial charge in [-0.05, 0) is 5.56 Å². The van der Waals surface area contributed by atoms with Crippen molar-refractivity contribution in [3.05, 3.63) is 35.9 Å². The number of nitrogens with one attached hydrogen (secondary N) is 3. The van der Waals surface area contributed by atoms with Crippen molar-refractivity contribution in [2.75, 3.05) is 13.1 Å². The summed E-state index contributed by atoms with van der Waals surface area (Å²) < 4.78 is 0. The van der Waals surface area contributed by atoms with E-state index in [-0.39, 0.29) is 24.9 Å². The number of hydrogen-bond acceptors (Lipinski definition) is 4. The maximum Gasteiger partial charge on any atom is 0.317 e. The molecule has 0 spiro atoms. The minimum atomic E-state index is -1.03. The van der Waals surface area contributed by atoms with E-state index in [1.807, 2.05) is 30.3 Å². The van der Waals surface area contributed by atoms with Crippen LogP contribution in [0.4, 0.5) is 0 Å². The normalized spacial score (nSPS) is 11.5. The molecule has 1 atom stereocenters. The number of hydrogen-bond donors (Lipinski definition) is 4. The van der Waals surface area contributed by atoms with Gasteiger partial charge in [-0.1, -0.05) is 30.3 Å². The Morgan fingerprint density at radius 2 is 1.86 bits per heavy atom. The summed E-state index contributed by atoms with van der Waals surface area (Å²) in [6, 6.07) is 8.53. The van der Waals surface area contributed by atoms with Gasteiger partial charge in [-0.15, -0.1) is 0 Å². The van der Waals surface area contributed by atoms with E-state index < -0.39 is 12.0 Å². The SMILES string of the molecule is CC(=O)NC(CNCC(=O)O)C(=O)NCc1ccccc1. The topological polar surface area (TPSA) is 108 Å². The highest BCUT2D eigenvalue weighted by Crippen LogP contribution is 1.97. The van der Waals surface area contributed by atoms with Crippen LogP contribution in [0.2, 0.25) is 0 Å². The number of carboxylic acids is 1. The summed E-state index contributed by atoms with van der Waals surface area (Å²) in [6.07, 6.45) is 0. The molecule has 0 bridgehead atoms. The molecule has 7 heteroatoms. The van der Waals surface area contributed by atoms with Crippen LogP contribution in [0, 0.1) is 0 Å². The molecule has 0 fully saturated rings. The summed E-state index contributed by atoms with van der Waals surface area (Å²) in [5.41, 5.74) is 0.936. The Balaban J connectivity index is 2.49. The molecule has 0 aliphatic rings. The first kappa shape index (κ1) is 16.6. The fourth-order valence-corrected chi connectivity index (χ4v) is 1.69. The van der Waals surface area contributed by atoms with Crippen LogP contribution in [0.1, 0.15) is 12.5 Å². The van der Waals surface area contributed by atoms with E-state index in [0.717, 1.165) is 5.56 Å². The van der Waals surface area contributed by atoms with Crippen molar-refractivity contribution in [3.8, 4) is 0 Å². The third kappa shape index (κ3) is 7.07. The molecule has 21 heavy (non-hydrogen) atoms. The molecule has 1 unspecified atom stereocenters. The van der Waals surface area contributed by atoms with Crippen molar-refractivity contribution in [2.45, 2.75) is 19.5 Å². The molecule has 1 aromatic carbocycles. The molecule has 0 aliphatic carbocycles. The van der Waals surface area contributed by atoms with Gasteiger partial charge in [0.15, 0.2) is 0 Å². The van der Waals surface area contributed by atoms with Gasteiger partial charge in [0, 0.05) is 20.0 Å². The van der Waals surface area contributed by atoms with Crippen LogP contribution in [-0.2, 0) is 20.9 Å². The summed E-state index contributed by atoms with van der Waals surface area (Å²) in [5.74, 6) is -1.75. The number of amides is 2. The minimum absolute atomic E-state index is 0.0481. The lowest BCUT2D eigenvalue weighted by Crippen LogP contribution is -2.51. The van der Waals surface area contributed by atoms with E-state index >= 15 is 0 Å². The molecule has 0 saturated heterocycles. The molecule has 0 radical (unpaired) electrons. The van der Waals surface area contributed by atoms with Crippen molar-refractivity contribution in [2.24, 2.45) is 0 Å². The first-order chi connectivity index (χ1) is 9.99. The predicted molar refractivity (Wildman–Crippen MR) is 76.4 cm³/mol. The smallest absolute Gasteiger partial charge is 0.317 e. The van der Waals surface area contributed by atoms with Crippen molar-refractivity contribution in [1.29, 1.82) is 0 Å². The van der Waals surface area contributed by atoms with Crippen LogP contribution in [0.15, 0.2) is 30.3 Å². The lowest BCUT2D eigenvalue weighted by molar-refractivity contribution is -0.136. The van der Waals surface area contributed by atoms with Gasteiger partial charge in [0.05, 0.1) is 6.54 Å². The summed E-state index contributed by atoms with van der Waals surface area (Å²) in [6.45, 7) is 1.41. The average Bonchev–Trinajstić information content (AvgIpc) is 2.44. The second-order valence-electron chi connectivity index (χ2n) is 4.48. The molecule has 1 aromatic rings. The maximum atomic E-state index is 12.0. The van der Waals surface area contributed by atoms with Crippen molar-refractivity contribution in [3.63, 3.8) is 0 Å². The van der Waals surface area contributed by atoms with Crippen molar-refractivity contribution >= 4 is 17.8 Å². The molecule has 1 rings (SSSR count). The van der Waals surface area contributed by atoms with E-state index in [0.29, 0.717) is 6.54 Å². The van der Waals surface area contributed by atoms with Crippen LogP contribution in [0.3, 0.4) is 0 Å². The van der Waals surface area contributed by atoms with Gasteiger partial charge in [-0.3, -0.25) is 14.4 Å². The largest absolute Gasteiger partial charge is 0.480 e. The van der Waals surface area contributed by atoms with Gasteiger partial charge in [0.1, 0.15) is 6.04 Å². The number of benzene rings is 1. The van der Waals surface area contributed by atoms with Gasteiger partial charge in [-0.2, -0.15) is 0 Å². The third-order valence-corrected chi connectivity index (χ3v) is 2.63. The van der Waals surface area contributed by atoms with Gasteiger partial charge < -0.3 is 21.1 Å². The third-order valence-electron chi connectivity index (χ3n) is 2.63. The molecule has 114 valence electrons. The van der Waals surface area contributed by atoms with Crippen LogP contribution >= 0.6 is 0 Å². The van der Waals surface area contributed by atoms with Crippen LogP contribution in [-0.4, -0.2) is 42.0 Å². The molecule has 0 aliphatic heterocycles. The highest BCUT2D eigenvalue weighted by molar-refractivity contribution is 5.87. The standard InChI is InChI=1S/C14H19N3O4/c1-10(18)17-12(8-15-9-13(19)20)14(21)16-7-11-5-3-2-4-6-11/h2-6,12,15H,7-9H2,1H3,(H,16,21)(H,17,18)(H,19,20). The average molecular weight is 293 g/mol. The Morgan fingerprint density at radius 3 is 2.43 bits per heavy atom. The predicted octanol–water partition coefficient (Wildman–Crippen LogP) is -0.518. The first-order valence-electron chi connectivity index (χ1n) is 6.50. The molecule has 7 nitrogen and oxygen atoms in total. The molecule has 0 aromatic heterocycles. The highest BCUT2D eigenvalue weighted by atomic mass is 16.4. The molecule has 0 saturated carbocycles. The minimum Gasteiger partial charge on any atom is -0.480 e. The van der Waals surface area contributed by atoms with Crippen LogP contribution < -0.4 is 16.0 Å². The zero-order valence-corrected chi connectivity index (χ0v) is 11.8. The van der Waals surface area contributed by atoms with Gasteiger partial charge in [-0.25, -0.2) is 0 Å². The number of aliphatic carboxylic acids is 1. The Bertz CT molecular complexity index is 490. The van der Waals surface area contributed by atoms with E-state index in [2.05, 4.69) is 16.0 Å². The molecule has 2 amide bonds. The number of rotatable bonds is 8. The molecule has 0 heterocycles. The monoisotopic (exact) mass is 293 g/mol. The van der Waals surface area contributed by atoms with E-state index in [4.69, 9.17) is 5.11 Å². The fourth-order valence-electron chi connectivity index (χ4n) is 1.69. The quantitative estimate of drug-likeness (QED) is 0.516. The van der Waals surface area contributed by atoms with E-state index in [1.54, 1.807) is 0 Å². The maximum absolute atomic E-state index is 12.0. The molecular weight excluding hydrogens is 274 g/mol. The summed E-state index contributed by atoms with van der Waals surface area (Å²) in [5, 5.41) is 16.3. The number of carbonyl (C=O) groups is 3. The zero-order valence-electron chi connectivity index (χ0n) is 11.8. The second kappa shape index (κ2) is 8.70. The van der Waals surface area contributed by atoms with E-state index in [9.17, 15) is 14.4 Å². The summed E-state index contributed by atoms with van der Waals surface area (Å²) in [7, 11) is 0. The van der Waals surface area contributed by atoms with Crippen LogP contribution in [0.5, 0.6) is 0 Å². The molecular formula is C14H19N3O4. The van der Waals surface area contributed by atoms with Gasteiger partial charge >= 0.3 is 5.97 Å².